The molecule has 4 aromatic carbocycles. The van der Waals surface area contributed by atoms with E-state index in [-0.39, 0.29) is 0 Å². The maximum Gasteiger partial charge on any atom is 0.227 e. The van der Waals surface area contributed by atoms with Gasteiger partial charge in [0.1, 0.15) is 11.4 Å². The Morgan fingerprint density at radius 1 is 0.629 bits per heavy atom. The Kier molecular flexibility index (Phi) is 4.33. The van der Waals surface area contributed by atoms with E-state index in [1.54, 1.807) is 0 Å². The van der Waals surface area contributed by atoms with Crippen molar-refractivity contribution in [2.45, 2.75) is 6.92 Å². The fourth-order valence-electron chi connectivity index (χ4n) is 4.85. The van der Waals surface area contributed by atoms with Gasteiger partial charge in [-0.2, -0.15) is 0 Å². The van der Waals surface area contributed by atoms with Gasteiger partial charge in [-0.15, -0.1) is 0 Å². The van der Waals surface area contributed by atoms with Crippen molar-refractivity contribution in [3.63, 3.8) is 0 Å². The first-order valence-corrected chi connectivity index (χ1v) is 11.7. The third-order valence-electron chi connectivity index (χ3n) is 6.54. The Labute approximate surface area is 202 Å². The summed E-state index contributed by atoms with van der Waals surface area (Å²) in [6.07, 6.45) is 0. The second-order valence-electron chi connectivity index (χ2n) is 8.76. The average molecular weight is 452 g/mol. The zero-order chi connectivity index (χ0) is 23.4. The molecule has 0 fully saturated rings. The van der Waals surface area contributed by atoms with Crippen LogP contribution in [0.15, 0.2) is 114 Å². The molecule has 0 saturated heterocycles. The summed E-state index contributed by atoms with van der Waals surface area (Å²) in [6, 6.07) is 37.6. The van der Waals surface area contributed by atoms with E-state index in [9.17, 15) is 0 Å². The molecule has 4 heteroatoms. The number of pyridine rings is 1. The number of aromatic nitrogens is 3. The molecule has 4 nitrogen and oxygen atoms in total. The van der Waals surface area contributed by atoms with Gasteiger partial charge >= 0.3 is 0 Å². The van der Waals surface area contributed by atoms with Gasteiger partial charge in [-0.1, -0.05) is 66.7 Å². The largest absolute Gasteiger partial charge is 0.437 e. The third kappa shape index (κ3) is 3.15. The molecular weight excluding hydrogens is 430 g/mol. The molecular formula is C31H21N3O. The van der Waals surface area contributed by atoms with Crippen LogP contribution in [0.4, 0.5) is 0 Å². The number of para-hydroxylation sites is 3. The van der Waals surface area contributed by atoms with E-state index in [1.807, 2.05) is 25.1 Å². The molecule has 0 aliphatic carbocycles. The van der Waals surface area contributed by atoms with E-state index < -0.39 is 0 Å². The molecule has 0 spiro atoms. The summed E-state index contributed by atoms with van der Waals surface area (Å²) in [5.41, 5.74) is 8.76. The summed E-state index contributed by atoms with van der Waals surface area (Å²) < 4.78 is 8.53. The molecule has 0 amide bonds. The van der Waals surface area contributed by atoms with Crippen molar-refractivity contribution in [2.24, 2.45) is 0 Å². The van der Waals surface area contributed by atoms with E-state index in [1.165, 1.54) is 11.1 Å². The summed E-state index contributed by atoms with van der Waals surface area (Å²) in [4.78, 5) is 9.68. The second kappa shape index (κ2) is 7.67. The van der Waals surface area contributed by atoms with Crippen LogP contribution in [0, 0.1) is 6.92 Å². The van der Waals surface area contributed by atoms with Crippen molar-refractivity contribution in [3.05, 3.63) is 115 Å². The van der Waals surface area contributed by atoms with Gasteiger partial charge in [-0.25, -0.2) is 9.97 Å². The van der Waals surface area contributed by atoms with Crippen LogP contribution in [0.1, 0.15) is 5.69 Å². The van der Waals surface area contributed by atoms with Gasteiger partial charge in [-0.05, 0) is 60.5 Å². The topological polar surface area (TPSA) is 43.9 Å². The molecule has 7 aromatic rings. The summed E-state index contributed by atoms with van der Waals surface area (Å²) in [5.74, 6) is 0.847. The lowest BCUT2D eigenvalue weighted by Crippen LogP contribution is -1.98. The molecule has 166 valence electrons. The van der Waals surface area contributed by atoms with Crippen LogP contribution in [0.25, 0.3) is 61.3 Å². The van der Waals surface area contributed by atoms with Crippen LogP contribution >= 0.6 is 0 Å². The molecule has 0 saturated carbocycles. The fourth-order valence-corrected chi connectivity index (χ4v) is 4.85. The molecule has 7 rings (SSSR count). The molecule has 0 atom stereocenters. The van der Waals surface area contributed by atoms with Crippen molar-refractivity contribution in [3.8, 4) is 28.2 Å². The van der Waals surface area contributed by atoms with E-state index in [0.717, 1.165) is 50.2 Å². The van der Waals surface area contributed by atoms with Crippen molar-refractivity contribution < 1.29 is 4.42 Å². The molecule has 0 unspecified atom stereocenters. The molecule has 0 radical (unpaired) electrons. The highest BCUT2D eigenvalue weighted by Gasteiger charge is 2.19. The summed E-state index contributed by atoms with van der Waals surface area (Å²) in [5, 5.41) is 2.06. The first kappa shape index (κ1) is 19.7. The normalized spacial score (nSPS) is 11.6. The third-order valence-corrected chi connectivity index (χ3v) is 6.54. The summed E-state index contributed by atoms with van der Waals surface area (Å²) >= 11 is 0. The highest BCUT2D eigenvalue weighted by Crippen LogP contribution is 2.37. The average Bonchev–Trinajstić information content (AvgIpc) is 3.47. The van der Waals surface area contributed by atoms with Crippen LogP contribution < -0.4 is 0 Å². The predicted octanol–water partition coefficient (Wildman–Crippen LogP) is 7.96. The molecule has 35 heavy (non-hydrogen) atoms. The highest BCUT2D eigenvalue weighted by atomic mass is 16.3. The highest BCUT2D eigenvalue weighted by molar-refractivity contribution is 6.08. The minimum Gasteiger partial charge on any atom is -0.437 e. The van der Waals surface area contributed by atoms with Crippen molar-refractivity contribution >= 4 is 33.1 Å². The number of fused-ring (bicyclic) bond motifs is 4. The number of hydrogen-bond donors (Lipinski definition) is 0. The standard InChI is InChI=1S/C31H21N3O/c1-20-14-19-25-24-10-7-11-26(29(24)35-31(25)32-20)30-33-27-12-5-6-13-28(27)34(30)23-17-15-22(16-18-23)21-8-3-2-4-9-21/h2-19H,1H3. The monoisotopic (exact) mass is 451 g/mol. The minimum absolute atomic E-state index is 0.655. The van der Waals surface area contributed by atoms with Gasteiger partial charge in [-0.3, -0.25) is 4.57 Å². The second-order valence-corrected chi connectivity index (χ2v) is 8.76. The number of aryl methyl sites for hydroxylation is 1. The van der Waals surface area contributed by atoms with E-state index >= 15 is 0 Å². The number of rotatable bonds is 3. The Balaban J connectivity index is 1.47. The van der Waals surface area contributed by atoms with Crippen LogP contribution in [-0.2, 0) is 0 Å². The number of furan rings is 1. The number of nitrogens with zero attached hydrogens (tertiary/aromatic N) is 3. The van der Waals surface area contributed by atoms with Gasteiger partial charge in [0.25, 0.3) is 0 Å². The van der Waals surface area contributed by atoms with Gasteiger partial charge in [0.15, 0.2) is 0 Å². The Morgan fingerprint density at radius 3 is 2.26 bits per heavy atom. The lowest BCUT2D eigenvalue weighted by molar-refractivity contribution is 0.653. The van der Waals surface area contributed by atoms with Crippen molar-refractivity contribution in [1.82, 2.24) is 14.5 Å². The number of hydrogen-bond acceptors (Lipinski definition) is 3. The van der Waals surface area contributed by atoms with Crippen LogP contribution in [0.3, 0.4) is 0 Å². The van der Waals surface area contributed by atoms with Gasteiger partial charge < -0.3 is 4.42 Å². The van der Waals surface area contributed by atoms with E-state index in [2.05, 4.69) is 101 Å². The van der Waals surface area contributed by atoms with Gasteiger partial charge in [0.05, 0.1) is 16.6 Å². The first-order chi connectivity index (χ1) is 17.3. The molecule has 0 aliphatic heterocycles. The maximum absolute atomic E-state index is 6.32. The lowest BCUT2D eigenvalue weighted by Gasteiger charge is -2.11. The Bertz CT molecular complexity index is 1840. The summed E-state index contributed by atoms with van der Waals surface area (Å²) in [6.45, 7) is 1.98. The smallest absolute Gasteiger partial charge is 0.227 e. The zero-order valence-corrected chi connectivity index (χ0v) is 19.1. The lowest BCUT2D eigenvalue weighted by atomic mass is 10.1. The van der Waals surface area contributed by atoms with E-state index in [4.69, 9.17) is 9.40 Å². The SMILES string of the molecule is Cc1ccc2c(n1)oc1c(-c3nc4ccccc4n3-c3ccc(-c4ccccc4)cc3)cccc12. The Morgan fingerprint density at radius 2 is 1.40 bits per heavy atom. The first-order valence-electron chi connectivity index (χ1n) is 11.7. The van der Waals surface area contributed by atoms with Crippen LogP contribution in [-0.4, -0.2) is 14.5 Å². The molecule has 3 heterocycles. The zero-order valence-electron chi connectivity index (χ0n) is 19.1. The molecule has 3 aromatic heterocycles. The molecule has 0 bridgehead atoms. The van der Waals surface area contributed by atoms with Gasteiger partial charge in [0, 0.05) is 22.2 Å². The molecule has 0 aliphatic rings. The van der Waals surface area contributed by atoms with E-state index in [0.29, 0.717) is 5.71 Å². The fraction of sp³-hybridized carbons (Fsp3) is 0.0323. The van der Waals surface area contributed by atoms with Crippen molar-refractivity contribution in [2.75, 3.05) is 0 Å². The quantitative estimate of drug-likeness (QED) is 0.274. The Hall–Kier alpha value is -4.70. The van der Waals surface area contributed by atoms with Gasteiger partial charge in [0.2, 0.25) is 5.71 Å². The van der Waals surface area contributed by atoms with Crippen LogP contribution in [0.2, 0.25) is 0 Å². The maximum atomic E-state index is 6.32. The minimum atomic E-state index is 0.655. The molecule has 0 N–H and O–H groups in total. The number of imidazole rings is 1. The predicted molar refractivity (Wildman–Crippen MR) is 142 cm³/mol. The van der Waals surface area contributed by atoms with Crippen molar-refractivity contribution in [1.29, 1.82) is 0 Å². The number of benzene rings is 4. The van der Waals surface area contributed by atoms with Crippen LogP contribution in [0.5, 0.6) is 0 Å². The summed E-state index contributed by atoms with van der Waals surface area (Å²) in [7, 11) is 0.